The second-order valence-corrected chi connectivity index (χ2v) is 4.71. The lowest BCUT2D eigenvalue weighted by Gasteiger charge is -2.12. The summed E-state index contributed by atoms with van der Waals surface area (Å²) in [5.41, 5.74) is 2.42. The molecule has 1 N–H and O–H groups in total. The van der Waals surface area contributed by atoms with Gasteiger partial charge in [0.1, 0.15) is 17.8 Å². The number of amides is 1. The molecule has 0 aliphatic heterocycles. The molecule has 0 aliphatic carbocycles. The van der Waals surface area contributed by atoms with E-state index < -0.39 is 0 Å². The predicted molar refractivity (Wildman–Crippen MR) is 77.5 cm³/mol. The molecule has 20 heavy (non-hydrogen) atoms. The first-order chi connectivity index (χ1) is 9.51. The molecule has 2 rings (SSSR count). The summed E-state index contributed by atoms with van der Waals surface area (Å²) < 4.78 is 5.21. The molecule has 0 spiro atoms. The Labute approximate surface area is 122 Å². The third-order valence-corrected chi connectivity index (χ3v) is 3.17. The number of ether oxygens (including phenoxy) is 1. The Hall–Kier alpha value is -2.14. The van der Waals surface area contributed by atoms with E-state index >= 15 is 0 Å². The normalized spacial score (nSPS) is 10.2. The minimum Gasteiger partial charge on any atom is -0.495 e. The highest BCUT2D eigenvalue weighted by Gasteiger charge is 2.13. The fourth-order valence-corrected chi connectivity index (χ4v) is 1.85. The minimum atomic E-state index is -0.324. The van der Waals surface area contributed by atoms with Crippen molar-refractivity contribution >= 4 is 23.2 Å². The number of rotatable bonds is 3. The van der Waals surface area contributed by atoms with Crippen molar-refractivity contribution in [2.75, 3.05) is 12.4 Å². The third kappa shape index (κ3) is 3.05. The first kappa shape index (κ1) is 14.3. The van der Waals surface area contributed by atoms with Crippen LogP contribution in [-0.2, 0) is 0 Å². The number of hydrogen-bond acceptors (Lipinski definition) is 4. The second kappa shape index (κ2) is 5.88. The number of aromatic nitrogens is 2. The van der Waals surface area contributed by atoms with Gasteiger partial charge in [0, 0.05) is 16.8 Å². The highest BCUT2D eigenvalue weighted by atomic mass is 35.5. The zero-order valence-electron chi connectivity index (χ0n) is 11.4. The molecule has 6 heteroatoms. The molecule has 0 bridgehead atoms. The predicted octanol–water partition coefficient (Wildman–Crippen LogP) is 3.01. The number of methoxy groups -OCH3 is 1. The Morgan fingerprint density at radius 3 is 2.65 bits per heavy atom. The van der Waals surface area contributed by atoms with Crippen molar-refractivity contribution in [1.82, 2.24) is 9.97 Å². The fourth-order valence-electron chi connectivity index (χ4n) is 1.69. The monoisotopic (exact) mass is 291 g/mol. The van der Waals surface area contributed by atoms with E-state index in [1.807, 2.05) is 6.92 Å². The zero-order chi connectivity index (χ0) is 14.7. The summed E-state index contributed by atoms with van der Waals surface area (Å²) in [6.07, 6.45) is 1.36. The van der Waals surface area contributed by atoms with Crippen molar-refractivity contribution in [2.45, 2.75) is 13.8 Å². The SMILES string of the molecule is COc1cc(Cl)c(C)cc1NC(=O)c1cc(C)ncn1. The molecule has 1 aromatic carbocycles. The molecule has 0 aliphatic rings. The Morgan fingerprint density at radius 1 is 1.25 bits per heavy atom. The van der Waals surface area contributed by atoms with Crippen LogP contribution in [0.4, 0.5) is 5.69 Å². The van der Waals surface area contributed by atoms with Crippen LogP contribution in [0.25, 0.3) is 0 Å². The van der Waals surface area contributed by atoms with Gasteiger partial charge in [0.2, 0.25) is 0 Å². The molecular weight excluding hydrogens is 278 g/mol. The first-order valence-electron chi connectivity index (χ1n) is 5.95. The standard InChI is InChI=1S/C14H14ClN3O2/c1-8-4-11(13(20-3)6-10(8)15)18-14(19)12-5-9(2)16-7-17-12/h4-7H,1-3H3,(H,18,19). The Morgan fingerprint density at radius 2 is 2.00 bits per heavy atom. The maximum Gasteiger partial charge on any atom is 0.274 e. The number of nitrogens with zero attached hydrogens (tertiary/aromatic N) is 2. The number of hydrogen-bond donors (Lipinski definition) is 1. The van der Waals surface area contributed by atoms with Crippen LogP contribution < -0.4 is 10.1 Å². The molecule has 0 saturated carbocycles. The van der Waals surface area contributed by atoms with Crippen LogP contribution >= 0.6 is 11.6 Å². The molecule has 1 aromatic heterocycles. The Balaban J connectivity index is 2.30. The van der Waals surface area contributed by atoms with E-state index in [0.717, 1.165) is 11.3 Å². The molecule has 104 valence electrons. The number of anilines is 1. The molecular formula is C14H14ClN3O2. The summed E-state index contributed by atoms with van der Waals surface area (Å²) in [5, 5.41) is 3.34. The number of benzene rings is 1. The zero-order valence-corrected chi connectivity index (χ0v) is 12.2. The van der Waals surface area contributed by atoms with Gasteiger partial charge in [0.15, 0.2) is 0 Å². The van der Waals surface area contributed by atoms with Gasteiger partial charge in [-0.05, 0) is 31.5 Å². The number of carbonyl (C=O) groups is 1. The summed E-state index contributed by atoms with van der Waals surface area (Å²) in [5.74, 6) is 0.176. The lowest BCUT2D eigenvalue weighted by Crippen LogP contribution is -2.15. The topological polar surface area (TPSA) is 64.1 Å². The van der Waals surface area contributed by atoms with Gasteiger partial charge in [-0.1, -0.05) is 11.6 Å². The van der Waals surface area contributed by atoms with Gasteiger partial charge in [-0.2, -0.15) is 0 Å². The molecule has 5 nitrogen and oxygen atoms in total. The van der Waals surface area contributed by atoms with E-state index in [4.69, 9.17) is 16.3 Å². The molecule has 0 unspecified atom stereocenters. The molecule has 1 heterocycles. The number of halogens is 1. The highest BCUT2D eigenvalue weighted by Crippen LogP contribution is 2.31. The van der Waals surface area contributed by atoms with Crippen LogP contribution in [0.3, 0.4) is 0 Å². The Kier molecular flexibility index (Phi) is 4.20. The summed E-state index contributed by atoms with van der Waals surface area (Å²) in [7, 11) is 1.52. The van der Waals surface area contributed by atoms with Gasteiger partial charge in [0.05, 0.1) is 12.8 Å². The van der Waals surface area contributed by atoms with Crippen LogP contribution in [-0.4, -0.2) is 23.0 Å². The fraction of sp³-hybridized carbons (Fsp3) is 0.214. The summed E-state index contributed by atoms with van der Waals surface area (Å²) in [4.78, 5) is 20.0. The van der Waals surface area contributed by atoms with Crippen molar-refractivity contribution < 1.29 is 9.53 Å². The molecule has 0 radical (unpaired) electrons. The van der Waals surface area contributed by atoms with Crippen molar-refractivity contribution in [3.05, 3.63) is 46.5 Å². The van der Waals surface area contributed by atoms with Crippen LogP contribution in [0.5, 0.6) is 5.75 Å². The third-order valence-electron chi connectivity index (χ3n) is 2.77. The summed E-state index contributed by atoms with van der Waals surface area (Å²) in [6, 6.07) is 5.04. The van der Waals surface area contributed by atoms with E-state index in [1.165, 1.54) is 13.4 Å². The minimum absolute atomic E-state index is 0.298. The molecule has 2 aromatic rings. The van der Waals surface area contributed by atoms with Gasteiger partial charge in [-0.15, -0.1) is 0 Å². The van der Waals surface area contributed by atoms with Crippen LogP contribution in [0.15, 0.2) is 24.5 Å². The summed E-state index contributed by atoms with van der Waals surface area (Å²) in [6.45, 7) is 3.65. The van der Waals surface area contributed by atoms with Gasteiger partial charge in [-0.3, -0.25) is 4.79 Å². The van der Waals surface area contributed by atoms with Crippen molar-refractivity contribution in [2.24, 2.45) is 0 Å². The quantitative estimate of drug-likeness (QED) is 0.944. The Bertz CT molecular complexity index is 659. The maximum absolute atomic E-state index is 12.1. The van der Waals surface area contributed by atoms with E-state index in [0.29, 0.717) is 22.2 Å². The average molecular weight is 292 g/mol. The van der Waals surface area contributed by atoms with Crippen molar-refractivity contribution in [1.29, 1.82) is 0 Å². The average Bonchev–Trinajstić information content (AvgIpc) is 2.42. The lowest BCUT2D eigenvalue weighted by molar-refractivity contribution is 0.102. The highest BCUT2D eigenvalue weighted by molar-refractivity contribution is 6.31. The largest absolute Gasteiger partial charge is 0.495 e. The van der Waals surface area contributed by atoms with E-state index in [-0.39, 0.29) is 5.91 Å². The van der Waals surface area contributed by atoms with Gasteiger partial charge in [-0.25, -0.2) is 9.97 Å². The van der Waals surface area contributed by atoms with E-state index in [2.05, 4.69) is 15.3 Å². The maximum atomic E-state index is 12.1. The van der Waals surface area contributed by atoms with Gasteiger partial charge < -0.3 is 10.1 Å². The number of nitrogens with one attached hydrogen (secondary N) is 1. The first-order valence-corrected chi connectivity index (χ1v) is 6.33. The van der Waals surface area contributed by atoms with Gasteiger partial charge >= 0.3 is 0 Å². The summed E-state index contributed by atoms with van der Waals surface area (Å²) >= 11 is 6.03. The number of aryl methyl sites for hydroxylation is 2. The number of carbonyl (C=O) groups excluding carboxylic acids is 1. The van der Waals surface area contributed by atoms with Crippen molar-refractivity contribution in [3.63, 3.8) is 0 Å². The lowest BCUT2D eigenvalue weighted by atomic mass is 10.2. The van der Waals surface area contributed by atoms with Crippen molar-refractivity contribution in [3.8, 4) is 5.75 Å². The molecule has 0 saturated heterocycles. The smallest absolute Gasteiger partial charge is 0.274 e. The molecule has 0 fully saturated rings. The van der Waals surface area contributed by atoms with Gasteiger partial charge in [0.25, 0.3) is 5.91 Å². The van der Waals surface area contributed by atoms with Crippen LogP contribution in [0.2, 0.25) is 5.02 Å². The molecule has 1 amide bonds. The van der Waals surface area contributed by atoms with Crippen LogP contribution in [0, 0.1) is 13.8 Å². The molecule has 0 atom stereocenters. The van der Waals surface area contributed by atoms with E-state index in [9.17, 15) is 4.79 Å². The van der Waals surface area contributed by atoms with E-state index in [1.54, 1.807) is 25.1 Å². The second-order valence-electron chi connectivity index (χ2n) is 4.30. The van der Waals surface area contributed by atoms with Crippen LogP contribution in [0.1, 0.15) is 21.7 Å².